The van der Waals surface area contributed by atoms with Gasteiger partial charge in [-0.25, -0.2) is 9.98 Å². The fraction of sp³-hybridized carbons (Fsp3) is 0.368. The number of benzene rings is 1. The van der Waals surface area contributed by atoms with Crippen LogP contribution in [0.4, 0.5) is 11.5 Å². The lowest BCUT2D eigenvalue weighted by atomic mass is 10.2. The average Bonchev–Trinajstić information content (AvgIpc) is 2.68. The van der Waals surface area contributed by atoms with E-state index in [1.807, 2.05) is 36.5 Å². The Balaban J connectivity index is 1.59. The summed E-state index contributed by atoms with van der Waals surface area (Å²) in [5.74, 6) is 2.19. The number of aliphatic imine (C=N–C) groups is 1. The standard InChI is InChI=1S/C19H26N6O/c1-24-9-11-25(12-10-24)18-13-15(7-8-21-18)14-22-19(20)23-16-3-5-17(26-2)6-4-16/h3-8,13H,9-12,14H2,1-2H3,(H3,20,22,23). The molecule has 0 bridgehead atoms. The highest BCUT2D eigenvalue weighted by Gasteiger charge is 2.15. The van der Waals surface area contributed by atoms with Crippen LogP contribution in [0.15, 0.2) is 47.6 Å². The van der Waals surface area contributed by atoms with Crippen LogP contribution < -0.4 is 20.7 Å². The van der Waals surface area contributed by atoms with Gasteiger partial charge in [-0.15, -0.1) is 0 Å². The largest absolute Gasteiger partial charge is 0.497 e. The minimum atomic E-state index is 0.383. The molecule has 1 aromatic carbocycles. The molecule has 138 valence electrons. The van der Waals surface area contributed by atoms with Crippen molar-refractivity contribution in [1.82, 2.24) is 9.88 Å². The highest BCUT2D eigenvalue weighted by molar-refractivity contribution is 5.92. The van der Waals surface area contributed by atoms with E-state index in [4.69, 9.17) is 10.5 Å². The second kappa shape index (κ2) is 8.53. The monoisotopic (exact) mass is 354 g/mol. The first-order chi connectivity index (χ1) is 12.6. The number of likely N-dealkylation sites (N-methyl/N-ethyl adjacent to an activating group) is 1. The maximum Gasteiger partial charge on any atom is 0.193 e. The Labute approximate surface area is 154 Å². The lowest BCUT2D eigenvalue weighted by Gasteiger charge is -2.33. The van der Waals surface area contributed by atoms with Crippen molar-refractivity contribution in [3.05, 3.63) is 48.2 Å². The molecule has 3 rings (SSSR count). The second-order valence-corrected chi connectivity index (χ2v) is 6.37. The minimum absolute atomic E-state index is 0.383. The fourth-order valence-corrected chi connectivity index (χ4v) is 2.81. The number of piperazine rings is 1. The Bertz CT molecular complexity index is 738. The molecule has 2 aromatic rings. The molecule has 7 nitrogen and oxygen atoms in total. The molecule has 0 radical (unpaired) electrons. The number of hydrogen-bond donors (Lipinski definition) is 2. The van der Waals surface area contributed by atoms with Gasteiger partial charge in [0, 0.05) is 38.1 Å². The van der Waals surface area contributed by atoms with Gasteiger partial charge in [0.05, 0.1) is 13.7 Å². The zero-order valence-electron chi connectivity index (χ0n) is 15.4. The lowest BCUT2D eigenvalue weighted by Crippen LogP contribution is -2.44. The van der Waals surface area contributed by atoms with Crippen molar-refractivity contribution >= 4 is 17.5 Å². The number of nitrogens with two attached hydrogens (primary N) is 1. The number of pyridine rings is 1. The maximum atomic E-state index is 6.00. The van der Waals surface area contributed by atoms with Crippen molar-refractivity contribution in [3.63, 3.8) is 0 Å². The first-order valence-electron chi connectivity index (χ1n) is 8.73. The summed E-state index contributed by atoms with van der Waals surface area (Å²) < 4.78 is 5.14. The van der Waals surface area contributed by atoms with Gasteiger partial charge in [0.25, 0.3) is 0 Å². The van der Waals surface area contributed by atoms with Crippen LogP contribution in [0.5, 0.6) is 5.75 Å². The van der Waals surface area contributed by atoms with Gasteiger partial charge in [-0.1, -0.05) is 0 Å². The Morgan fingerprint density at radius 3 is 2.62 bits per heavy atom. The summed E-state index contributed by atoms with van der Waals surface area (Å²) in [6, 6.07) is 11.6. The van der Waals surface area contributed by atoms with Crippen LogP contribution in [-0.4, -0.2) is 56.2 Å². The molecule has 0 saturated carbocycles. The van der Waals surface area contributed by atoms with Gasteiger partial charge < -0.3 is 25.6 Å². The third-order valence-electron chi connectivity index (χ3n) is 4.43. The van der Waals surface area contributed by atoms with E-state index in [-0.39, 0.29) is 0 Å². The normalized spacial score (nSPS) is 15.8. The molecule has 1 aliphatic rings. The van der Waals surface area contributed by atoms with Crippen LogP contribution >= 0.6 is 0 Å². The molecule has 1 aromatic heterocycles. The van der Waals surface area contributed by atoms with Crippen LogP contribution in [0.25, 0.3) is 0 Å². The molecule has 2 heterocycles. The van der Waals surface area contributed by atoms with Crippen LogP contribution in [0.3, 0.4) is 0 Å². The van der Waals surface area contributed by atoms with Crippen LogP contribution in [0, 0.1) is 0 Å². The van der Waals surface area contributed by atoms with Gasteiger partial charge in [-0.05, 0) is 49.0 Å². The van der Waals surface area contributed by atoms with Crippen molar-refractivity contribution < 1.29 is 4.74 Å². The summed E-state index contributed by atoms with van der Waals surface area (Å²) in [7, 11) is 3.79. The van der Waals surface area contributed by atoms with E-state index in [1.165, 1.54) is 0 Å². The number of nitrogens with one attached hydrogen (secondary N) is 1. The molecule has 0 unspecified atom stereocenters. The molecule has 0 atom stereocenters. The Morgan fingerprint density at radius 1 is 1.19 bits per heavy atom. The van der Waals surface area contributed by atoms with Gasteiger partial charge in [-0.3, -0.25) is 0 Å². The van der Waals surface area contributed by atoms with Gasteiger partial charge in [0.2, 0.25) is 0 Å². The summed E-state index contributed by atoms with van der Waals surface area (Å²) in [5.41, 5.74) is 7.96. The van der Waals surface area contributed by atoms with E-state index >= 15 is 0 Å². The zero-order chi connectivity index (χ0) is 18.4. The molecule has 26 heavy (non-hydrogen) atoms. The Hall–Kier alpha value is -2.80. The highest BCUT2D eigenvalue weighted by atomic mass is 16.5. The van der Waals surface area contributed by atoms with Crippen molar-refractivity contribution in [2.75, 3.05) is 50.6 Å². The van der Waals surface area contributed by atoms with Crippen molar-refractivity contribution in [2.45, 2.75) is 6.54 Å². The van der Waals surface area contributed by atoms with Crippen LogP contribution in [0.2, 0.25) is 0 Å². The quantitative estimate of drug-likeness (QED) is 0.629. The highest BCUT2D eigenvalue weighted by Crippen LogP contribution is 2.16. The van der Waals surface area contributed by atoms with E-state index in [2.05, 4.69) is 38.2 Å². The van der Waals surface area contributed by atoms with E-state index in [9.17, 15) is 0 Å². The summed E-state index contributed by atoms with van der Waals surface area (Å²) in [4.78, 5) is 13.6. The van der Waals surface area contributed by atoms with E-state index in [1.54, 1.807) is 7.11 Å². The third kappa shape index (κ3) is 4.86. The predicted octanol–water partition coefficient (Wildman–Crippen LogP) is 1.77. The number of guanidine groups is 1. The van der Waals surface area contributed by atoms with Gasteiger partial charge in [0.15, 0.2) is 5.96 Å². The number of aromatic nitrogens is 1. The number of rotatable bonds is 5. The van der Waals surface area contributed by atoms with E-state index in [0.29, 0.717) is 12.5 Å². The van der Waals surface area contributed by atoms with Crippen molar-refractivity contribution in [3.8, 4) is 5.75 Å². The van der Waals surface area contributed by atoms with E-state index < -0.39 is 0 Å². The van der Waals surface area contributed by atoms with Crippen molar-refractivity contribution in [1.29, 1.82) is 0 Å². The molecule has 0 spiro atoms. The number of ether oxygens (including phenoxy) is 1. The van der Waals surface area contributed by atoms with Crippen LogP contribution in [0.1, 0.15) is 5.56 Å². The number of nitrogens with zero attached hydrogens (tertiary/aromatic N) is 4. The summed E-state index contributed by atoms with van der Waals surface area (Å²) in [6.07, 6.45) is 1.84. The Morgan fingerprint density at radius 2 is 1.92 bits per heavy atom. The first kappa shape index (κ1) is 18.0. The number of methoxy groups -OCH3 is 1. The Kier molecular flexibility index (Phi) is 5.91. The molecule has 3 N–H and O–H groups in total. The van der Waals surface area contributed by atoms with Crippen molar-refractivity contribution in [2.24, 2.45) is 10.7 Å². The summed E-state index contributed by atoms with van der Waals surface area (Å²) >= 11 is 0. The molecule has 0 amide bonds. The molecule has 1 aliphatic heterocycles. The second-order valence-electron chi connectivity index (χ2n) is 6.37. The van der Waals surface area contributed by atoms with Crippen LogP contribution in [-0.2, 0) is 6.54 Å². The average molecular weight is 354 g/mol. The maximum absolute atomic E-state index is 6.00. The summed E-state index contributed by atoms with van der Waals surface area (Å²) in [5, 5.41) is 3.09. The summed E-state index contributed by atoms with van der Waals surface area (Å²) in [6.45, 7) is 4.62. The molecule has 1 fully saturated rings. The third-order valence-corrected chi connectivity index (χ3v) is 4.43. The lowest BCUT2D eigenvalue weighted by molar-refractivity contribution is 0.312. The molecular weight excluding hydrogens is 328 g/mol. The van der Waals surface area contributed by atoms with Gasteiger partial charge >= 0.3 is 0 Å². The molecular formula is C19H26N6O. The SMILES string of the molecule is COc1ccc(NC(N)=NCc2ccnc(N3CCN(C)CC3)c2)cc1. The van der Waals surface area contributed by atoms with E-state index in [0.717, 1.165) is 49.0 Å². The van der Waals surface area contributed by atoms with Gasteiger partial charge in [0.1, 0.15) is 11.6 Å². The minimum Gasteiger partial charge on any atom is -0.497 e. The zero-order valence-corrected chi connectivity index (χ0v) is 15.4. The topological polar surface area (TPSA) is 79.0 Å². The van der Waals surface area contributed by atoms with Gasteiger partial charge in [-0.2, -0.15) is 0 Å². The molecule has 0 aliphatic carbocycles. The number of anilines is 2. The number of hydrogen-bond acceptors (Lipinski definition) is 5. The molecule has 7 heteroatoms. The molecule has 1 saturated heterocycles. The smallest absolute Gasteiger partial charge is 0.193 e. The predicted molar refractivity (Wildman–Crippen MR) is 106 cm³/mol. The fourth-order valence-electron chi connectivity index (χ4n) is 2.81. The first-order valence-corrected chi connectivity index (χ1v) is 8.73.